The molecular weight excluding hydrogens is 254 g/mol. The van der Waals surface area contributed by atoms with Crippen molar-refractivity contribution in [2.45, 2.75) is 0 Å². The van der Waals surface area contributed by atoms with Crippen LogP contribution in [0.5, 0.6) is 0 Å². The molecule has 0 spiro atoms. The van der Waals surface area contributed by atoms with Crippen molar-refractivity contribution in [1.29, 1.82) is 5.41 Å². The molecule has 0 saturated carbocycles. The van der Waals surface area contributed by atoms with Gasteiger partial charge in [0.25, 0.3) is 0 Å². The van der Waals surface area contributed by atoms with E-state index in [9.17, 15) is 8.42 Å². The molecule has 2 aromatic rings. The molecule has 94 valence electrons. The van der Waals surface area contributed by atoms with Crippen LogP contribution in [0.4, 0.5) is 11.5 Å². The topological polar surface area (TPSA) is 121 Å². The van der Waals surface area contributed by atoms with Crippen LogP contribution in [0, 0.1) is 5.41 Å². The Kier molecular flexibility index (Phi) is 3.28. The zero-order valence-corrected chi connectivity index (χ0v) is 10.1. The van der Waals surface area contributed by atoms with E-state index >= 15 is 0 Å². The van der Waals surface area contributed by atoms with Gasteiger partial charge < -0.3 is 11.1 Å². The number of nitrogens with one attached hydrogen (secondary N) is 3. The molecule has 0 radical (unpaired) electrons. The van der Waals surface area contributed by atoms with E-state index in [-0.39, 0.29) is 5.96 Å². The molecule has 0 aliphatic heterocycles. The molecule has 8 heteroatoms. The minimum atomic E-state index is -2.72. The zero-order chi connectivity index (χ0) is 13.1. The molecule has 0 fully saturated rings. The van der Waals surface area contributed by atoms with Gasteiger partial charge in [0.05, 0.1) is 0 Å². The summed E-state index contributed by atoms with van der Waals surface area (Å²) >= 11 is 0. The molecule has 0 bridgehead atoms. The Morgan fingerprint density at radius 1 is 1.33 bits per heavy atom. The molecule has 2 rings (SSSR count). The fourth-order valence-corrected chi connectivity index (χ4v) is 1.92. The minimum absolute atomic E-state index is 0.233. The van der Waals surface area contributed by atoms with Crippen molar-refractivity contribution in [2.75, 3.05) is 10.0 Å². The molecule has 5 N–H and O–H groups in total. The molecular formula is C10H11N5O2S. The van der Waals surface area contributed by atoms with Crippen LogP contribution in [0.25, 0.3) is 10.8 Å². The van der Waals surface area contributed by atoms with Crippen LogP contribution >= 0.6 is 0 Å². The second kappa shape index (κ2) is 4.88. The molecule has 0 amide bonds. The Balaban J connectivity index is 2.54. The third kappa shape index (κ3) is 2.66. The highest BCUT2D eigenvalue weighted by Gasteiger charge is 2.04. The predicted octanol–water partition coefficient (Wildman–Crippen LogP) is 0.478. The molecule has 1 heterocycles. The summed E-state index contributed by atoms with van der Waals surface area (Å²) in [5.74, 6) is 0.174. The number of nitrogens with zero attached hydrogens (tertiary/aromatic N) is 1. The van der Waals surface area contributed by atoms with E-state index < -0.39 is 10.9 Å². The maximum atomic E-state index is 10.6. The van der Waals surface area contributed by atoms with E-state index in [1.807, 2.05) is 0 Å². The Bertz CT molecular complexity index is 675. The Morgan fingerprint density at radius 2 is 2.11 bits per heavy atom. The third-order valence-electron chi connectivity index (χ3n) is 2.24. The SMILES string of the molecule is N=C(N)Nc1nccc2ccc(N[SH](=O)=O)cc12. The van der Waals surface area contributed by atoms with Crippen molar-refractivity contribution in [3.63, 3.8) is 0 Å². The van der Waals surface area contributed by atoms with Gasteiger partial charge in [-0.05, 0) is 23.6 Å². The van der Waals surface area contributed by atoms with Crippen LogP contribution in [-0.2, 0) is 10.9 Å². The van der Waals surface area contributed by atoms with E-state index in [0.29, 0.717) is 16.9 Å². The van der Waals surface area contributed by atoms with Gasteiger partial charge in [-0.3, -0.25) is 10.1 Å². The number of rotatable bonds is 3. The third-order valence-corrected chi connectivity index (χ3v) is 2.68. The molecule has 18 heavy (non-hydrogen) atoms. The summed E-state index contributed by atoms with van der Waals surface area (Å²) < 4.78 is 23.5. The number of pyridine rings is 1. The standard InChI is InChI=1S/C10H11N5O2S/c11-10(12)14-9-8-5-7(15-18(16)17)2-1-6(8)3-4-13-9/h1-5,18H,(H,15,16,17)(H4,11,12,13,14). The van der Waals surface area contributed by atoms with Gasteiger partial charge in [0.1, 0.15) is 5.82 Å². The lowest BCUT2D eigenvalue weighted by Crippen LogP contribution is -2.21. The summed E-state index contributed by atoms with van der Waals surface area (Å²) in [6, 6.07) is 6.80. The zero-order valence-electron chi connectivity index (χ0n) is 9.18. The number of hydrogen-bond donors (Lipinski definition) is 5. The highest BCUT2D eigenvalue weighted by molar-refractivity contribution is 7.73. The Hall–Kier alpha value is -2.35. The lowest BCUT2D eigenvalue weighted by Gasteiger charge is -2.08. The fourth-order valence-electron chi connectivity index (χ4n) is 1.57. The Morgan fingerprint density at radius 3 is 2.78 bits per heavy atom. The monoisotopic (exact) mass is 265 g/mol. The van der Waals surface area contributed by atoms with Gasteiger partial charge in [-0.2, -0.15) is 0 Å². The van der Waals surface area contributed by atoms with E-state index in [2.05, 4.69) is 15.0 Å². The molecule has 0 unspecified atom stereocenters. The van der Waals surface area contributed by atoms with E-state index in [1.165, 1.54) is 0 Å². The van der Waals surface area contributed by atoms with Crippen molar-refractivity contribution in [1.82, 2.24) is 4.98 Å². The largest absolute Gasteiger partial charge is 0.370 e. The first kappa shape index (κ1) is 12.1. The van der Waals surface area contributed by atoms with E-state index in [4.69, 9.17) is 11.1 Å². The number of fused-ring (bicyclic) bond motifs is 1. The number of guanidine groups is 1. The summed E-state index contributed by atoms with van der Waals surface area (Å²) in [5.41, 5.74) is 5.68. The van der Waals surface area contributed by atoms with Gasteiger partial charge in [0.2, 0.25) is 10.9 Å². The molecule has 0 aliphatic rings. The summed E-state index contributed by atoms with van der Waals surface area (Å²) in [7, 11) is -2.72. The van der Waals surface area contributed by atoms with Crippen LogP contribution in [0.2, 0.25) is 0 Å². The van der Waals surface area contributed by atoms with Crippen LogP contribution in [0.1, 0.15) is 0 Å². The number of benzene rings is 1. The predicted molar refractivity (Wildman–Crippen MR) is 71.2 cm³/mol. The Labute approximate surface area is 105 Å². The molecule has 1 aromatic heterocycles. The van der Waals surface area contributed by atoms with Crippen molar-refractivity contribution >= 4 is 39.1 Å². The maximum absolute atomic E-state index is 10.6. The number of hydrogen-bond acceptors (Lipinski definition) is 4. The van der Waals surface area contributed by atoms with Crippen molar-refractivity contribution < 1.29 is 8.42 Å². The number of aromatic nitrogens is 1. The molecule has 1 aromatic carbocycles. The van der Waals surface area contributed by atoms with Crippen LogP contribution < -0.4 is 15.8 Å². The number of nitrogens with two attached hydrogens (primary N) is 1. The molecule has 0 atom stereocenters. The normalized spacial score (nSPS) is 10.5. The fraction of sp³-hybridized carbons (Fsp3) is 0. The van der Waals surface area contributed by atoms with Gasteiger partial charge in [0, 0.05) is 17.3 Å². The summed E-state index contributed by atoms with van der Waals surface area (Å²) in [5, 5.41) is 11.3. The summed E-state index contributed by atoms with van der Waals surface area (Å²) in [4.78, 5) is 4.06. The minimum Gasteiger partial charge on any atom is -0.370 e. The molecule has 7 nitrogen and oxygen atoms in total. The maximum Gasteiger partial charge on any atom is 0.222 e. The van der Waals surface area contributed by atoms with Crippen molar-refractivity contribution in [2.24, 2.45) is 5.73 Å². The first-order valence-corrected chi connectivity index (χ1v) is 6.15. The first-order chi connectivity index (χ1) is 8.56. The van der Waals surface area contributed by atoms with Gasteiger partial charge in [-0.15, -0.1) is 0 Å². The van der Waals surface area contributed by atoms with Crippen LogP contribution in [-0.4, -0.2) is 19.4 Å². The van der Waals surface area contributed by atoms with Crippen molar-refractivity contribution in [3.05, 3.63) is 30.5 Å². The van der Waals surface area contributed by atoms with Gasteiger partial charge in [-0.1, -0.05) is 6.07 Å². The second-order valence-electron chi connectivity index (χ2n) is 3.50. The first-order valence-electron chi connectivity index (χ1n) is 4.97. The van der Waals surface area contributed by atoms with Gasteiger partial charge in [0.15, 0.2) is 5.96 Å². The number of thiol groups is 1. The molecule has 0 saturated heterocycles. The van der Waals surface area contributed by atoms with Gasteiger partial charge in [-0.25, -0.2) is 13.4 Å². The van der Waals surface area contributed by atoms with Crippen LogP contribution in [0.3, 0.4) is 0 Å². The highest BCUT2D eigenvalue weighted by Crippen LogP contribution is 2.24. The lowest BCUT2D eigenvalue weighted by atomic mass is 10.1. The number of anilines is 2. The van der Waals surface area contributed by atoms with Crippen LogP contribution in [0.15, 0.2) is 30.5 Å². The quantitative estimate of drug-likeness (QED) is 0.314. The van der Waals surface area contributed by atoms with Crippen molar-refractivity contribution in [3.8, 4) is 0 Å². The van der Waals surface area contributed by atoms with E-state index in [1.54, 1.807) is 30.5 Å². The second-order valence-corrected chi connectivity index (χ2v) is 4.24. The highest BCUT2D eigenvalue weighted by atomic mass is 32.2. The molecule has 0 aliphatic carbocycles. The van der Waals surface area contributed by atoms with Gasteiger partial charge >= 0.3 is 0 Å². The van der Waals surface area contributed by atoms with E-state index in [0.717, 1.165) is 5.39 Å². The lowest BCUT2D eigenvalue weighted by molar-refractivity contribution is 0.619. The average Bonchev–Trinajstić information content (AvgIpc) is 2.28. The summed E-state index contributed by atoms with van der Waals surface area (Å²) in [6.07, 6.45) is 1.58. The smallest absolute Gasteiger partial charge is 0.222 e. The summed E-state index contributed by atoms with van der Waals surface area (Å²) in [6.45, 7) is 0. The average molecular weight is 265 g/mol.